The van der Waals surface area contributed by atoms with Crippen molar-refractivity contribution in [2.24, 2.45) is 5.92 Å². The van der Waals surface area contributed by atoms with Crippen LogP contribution in [0.25, 0.3) is 0 Å². The van der Waals surface area contributed by atoms with Crippen LogP contribution in [0, 0.1) is 5.92 Å². The normalized spacial score (nSPS) is 29.0. The highest BCUT2D eigenvalue weighted by atomic mass is 19.4. The van der Waals surface area contributed by atoms with Gasteiger partial charge in [0.2, 0.25) is 0 Å². The summed E-state index contributed by atoms with van der Waals surface area (Å²) in [6.45, 7) is 3.25. The van der Waals surface area contributed by atoms with Crippen molar-refractivity contribution in [3.63, 3.8) is 0 Å². The molecule has 0 spiro atoms. The van der Waals surface area contributed by atoms with Crippen molar-refractivity contribution in [2.45, 2.75) is 29.7 Å². The largest absolute Gasteiger partial charge is 0.495 e. The lowest BCUT2D eigenvalue weighted by molar-refractivity contribution is -0.138. The highest BCUT2D eigenvalue weighted by molar-refractivity contribution is 5.58. The molecule has 2 aromatic carbocycles. The van der Waals surface area contributed by atoms with Gasteiger partial charge in [0, 0.05) is 31.5 Å². The Kier molecular flexibility index (Phi) is 6.13. The van der Waals surface area contributed by atoms with Gasteiger partial charge in [-0.1, -0.05) is 42.5 Å². The number of hydrogen-bond acceptors (Lipinski definition) is 6. The molecule has 0 bridgehead atoms. The monoisotopic (exact) mass is 526 g/mol. The van der Waals surface area contributed by atoms with Crippen molar-refractivity contribution in [1.29, 1.82) is 0 Å². The van der Waals surface area contributed by atoms with E-state index < -0.39 is 22.9 Å². The molecule has 3 heterocycles. The topological polar surface area (TPSA) is 64.1 Å². The summed E-state index contributed by atoms with van der Waals surface area (Å²) >= 11 is 0. The van der Waals surface area contributed by atoms with Crippen molar-refractivity contribution in [2.75, 3.05) is 40.0 Å². The average Bonchev–Trinajstić information content (AvgIpc) is 3.35. The maximum Gasteiger partial charge on any atom is 0.416 e. The molecule has 9 heteroatoms. The zero-order valence-corrected chi connectivity index (χ0v) is 20.9. The van der Waals surface area contributed by atoms with Crippen molar-refractivity contribution in [1.82, 2.24) is 9.88 Å². The summed E-state index contributed by atoms with van der Waals surface area (Å²) in [5, 5.41) is 13.0. The van der Waals surface area contributed by atoms with Gasteiger partial charge in [0.05, 0.1) is 43.8 Å². The second kappa shape index (κ2) is 9.25. The van der Waals surface area contributed by atoms with Crippen LogP contribution in [0.3, 0.4) is 0 Å². The van der Waals surface area contributed by atoms with E-state index in [1.165, 1.54) is 19.2 Å². The second-order valence-corrected chi connectivity index (χ2v) is 10.2. The number of morpholine rings is 1. The Morgan fingerprint density at radius 2 is 1.76 bits per heavy atom. The van der Waals surface area contributed by atoms with Gasteiger partial charge in [-0.3, -0.25) is 9.88 Å². The van der Waals surface area contributed by atoms with Crippen LogP contribution in [-0.2, 0) is 22.1 Å². The van der Waals surface area contributed by atoms with Gasteiger partial charge in [-0.15, -0.1) is 0 Å². The first-order valence-electron chi connectivity index (χ1n) is 12.8. The Balaban J connectivity index is 1.57. The summed E-state index contributed by atoms with van der Waals surface area (Å²) in [6, 6.07) is 14.7. The Morgan fingerprint density at radius 1 is 1.05 bits per heavy atom. The zero-order valence-electron chi connectivity index (χ0n) is 20.9. The van der Waals surface area contributed by atoms with Gasteiger partial charge in [0.15, 0.2) is 5.60 Å². The van der Waals surface area contributed by atoms with Crippen LogP contribution in [0.4, 0.5) is 13.2 Å². The molecule has 1 aliphatic carbocycles. The smallest absolute Gasteiger partial charge is 0.416 e. The molecule has 6 nitrogen and oxygen atoms in total. The van der Waals surface area contributed by atoms with E-state index in [1.54, 1.807) is 12.4 Å². The van der Waals surface area contributed by atoms with Crippen LogP contribution in [0.2, 0.25) is 0 Å². The van der Waals surface area contributed by atoms with Crippen molar-refractivity contribution >= 4 is 0 Å². The Labute approximate surface area is 219 Å². The van der Waals surface area contributed by atoms with E-state index in [0.717, 1.165) is 30.8 Å². The molecule has 1 unspecified atom stereocenters. The molecule has 38 heavy (non-hydrogen) atoms. The summed E-state index contributed by atoms with van der Waals surface area (Å²) in [6.07, 6.45) is -0.825. The number of halogens is 3. The fraction of sp³-hybridized carbons (Fsp3) is 0.414. The van der Waals surface area contributed by atoms with E-state index in [0.29, 0.717) is 48.8 Å². The number of aromatic nitrogens is 1. The van der Waals surface area contributed by atoms with Crippen LogP contribution >= 0.6 is 0 Å². The quantitative estimate of drug-likeness (QED) is 0.519. The average molecular weight is 527 g/mol. The van der Waals surface area contributed by atoms with Gasteiger partial charge in [-0.25, -0.2) is 0 Å². The molecule has 1 aromatic heterocycles. The van der Waals surface area contributed by atoms with Crippen molar-refractivity contribution < 1.29 is 32.5 Å². The van der Waals surface area contributed by atoms with Crippen LogP contribution in [-0.4, -0.2) is 54.9 Å². The summed E-state index contributed by atoms with van der Waals surface area (Å²) in [7, 11) is 1.51. The molecule has 1 N–H and O–H groups in total. The highest BCUT2D eigenvalue weighted by Gasteiger charge is 2.73. The number of nitrogens with zero attached hydrogens (tertiary/aromatic N) is 2. The SMILES string of the molecule is COc1cncc2c1[C@]1(O)C(CN3CCOCC3)C[C@@H](c3ccccc3)[C@]1(c1ccc(C(F)(F)F)cc1)O2. The molecule has 0 amide bonds. The van der Waals surface area contributed by atoms with Crippen LogP contribution < -0.4 is 9.47 Å². The third-order valence-corrected chi connectivity index (χ3v) is 8.34. The van der Waals surface area contributed by atoms with E-state index >= 15 is 0 Å². The number of alkyl halides is 3. The maximum atomic E-state index is 13.5. The first-order valence-corrected chi connectivity index (χ1v) is 12.8. The van der Waals surface area contributed by atoms with E-state index in [1.807, 2.05) is 30.3 Å². The molecule has 2 aliphatic heterocycles. The predicted octanol–water partition coefficient (Wildman–Crippen LogP) is 4.72. The van der Waals surface area contributed by atoms with E-state index in [2.05, 4.69) is 9.88 Å². The first kappa shape index (κ1) is 25.2. The third kappa shape index (κ3) is 3.71. The molecule has 1 saturated heterocycles. The first-order chi connectivity index (χ1) is 18.3. The molecular formula is C29H29F3N2O4. The van der Waals surface area contributed by atoms with Gasteiger partial charge >= 0.3 is 6.18 Å². The van der Waals surface area contributed by atoms with E-state index in [9.17, 15) is 18.3 Å². The lowest BCUT2D eigenvalue weighted by Gasteiger charge is -2.43. The number of aliphatic hydroxyl groups is 1. The fourth-order valence-electron chi connectivity index (χ4n) is 6.68. The predicted molar refractivity (Wildman–Crippen MR) is 133 cm³/mol. The lowest BCUT2D eigenvalue weighted by atomic mass is 9.69. The number of methoxy groups -OCH3 is 1. The number of rotatable bonds is 5. The summed E-state index contributed by atoms with van der Waals surface area (Å²) in [4.78, 5) is 6.52. The second-order valence-electron chi connectivity index (χ2n) is 10.2. The van der Waals surface area contributed by atoms with Gasteiger partial charge in [0.25, 0.3) is 0 Å². The van der Waals surface area contributed by atoms with Gasteiger partial charge in [-0.05, 0) is 29.7 Å². The Hall–Kier alpha value is -3.14. The number of ether oxygens (including phenoxy) is 3. The molecule has 3 aliphatic rings. The van der Waals surface area contributed by atoms with Crippen LogP contribution in [0.15, 0.2) is 67.0 Å². The molecule has 2 fully saturated rings. The van der Waals surface area contributed by atoms with Gasteiger partial charge in [-0.2, -0.15) is 13.2 Å². The third-order valence-electron chi connectivity index (χ3n) is 8.34. The molecule has 1 saturated carbocycles. The van der Waals surface area contributed by atoms with Gasteiger partial charge in [0.1, 0.15) is 17.1 Å². The van der Waals surface area contributed by atoms with Crippen molar-refractivity contribution in [3.8, 4) is 11.5 Å². The van der Waals surface area contributed by atoms with Crippen LogP contribution in [0.1, 0.15) is 34.6 Å². The molecule has 200 valence electrons. The Morgan fingerprint density at radius 3 is 2.42 bits per heavy atom. The summed E-state index contributed by atoms with van der Waals surface area (Å²) < 4.78 is 58.4. The van der Waals surface area contributed by atoms with E-state index in [4.69, 9.17) is 14.2 Å². The minimum atomic E-state index is -4.48. The molecule has 4 atom stereocenters. The summed E-state index contributed by atoms with van der Waals surface area (Å²) in [5.74, 6) is 0.0954. The number of hydrogen-bond donors (Lipinski definition) is 1. The van der Waals surface area contributed by atoms with Crippen LogP contribution in [0.5, 0.6) is 11.5 Å². The van der Waals surface area contributed by atoms with Crippen molar-refractivity contribution in [3.05, 3.63) is 89.2 Å². The van der Waals surface area contributed by atoms with Gasteiger partial charge < -0.3 is 19.3 Å². The zero-order chi connectivity index (χ0) is 26.5. The van der Waals surface area contributed by atoms with E-state index in [-0.39, 0.29) is 11.8 Å². The minimum Gasteiger partial charge on any atom is -0.495 e. The molecule has 0 radical (unpaired) electrons. The molecule has 6 rings (SSSR count). The maximum absolute atomic E-state index is 13.5. The lowest BCUT2D eigenvalue weighted by Crippen LogP contribution is -2.53. The summed E-state index contributed by atoms with van der Waals surface area (Å²) in [5.41, 5.74) is -1.84. The fourth-order valence-corrected chi connectivity index (χ4v) is 6.68. The number of fused-ring (bicyclic) bond motifs is 3. The number of benzene rings is 2. The Bertz CT molecular complexity index is 1300. The minimum absolute atomic E-state index is 0.314. The highest BCUT2D eigenvalue weighted by Crippen LogP contribution is 2.70. The standard InChI is InChI=1S/C29H29F3N2O4/c1-36-24-16-33-17-25-26(24)27(35)22(18-34-11-13-37-14-12-34)15-23(19-5-3-2-4-6-19)28(27,38-25)20-7-9-21(10-8-20)29(30,31)32/h2-10,16-17,22-23,35H,11-15,18H2,1H3/t22?,23-,27+,28-/m0/s1. The number of pyridine rings is 1. The molecular weight excluding hydrogens is 497 g/mol. The molecule has 3 aromatic rings.